The summed E-state index contributed by atoms with van der Waals surface area (Å²) in [6, 6.07) is 15.4. The van der Waals surface area contributed by atoms with Gasteiger partial charge in [-0.1, -0.05) is 30.3 Å². The van der Waals surface area contributed by atoms with Gasteiger partial charge in [0.05, 0.1) is 24.5 Å². The number of imidazole rings is 1. The molecule has 10 heteroatoms. The normalized spacial score (nSPS) is 14.8. The Hall–Kier alpha value is -3.50. The van der Waals surface area contributed by atoms with Gasteiger partial charge in [0, 0.05) is 19.8 Å². The van der Waals surface area contributed by atoms with Crippen molar-refractivity contribution in [1.82, 2.24) is 18.8 Å². The van der Waals surface area contributed by atoms with Crippen LogP contribution < -0.4 is 5.32 Å². The monoisotopic (exact) mass is 439 g/mol. The van der Waals surface area contributed by atoms with E-state index in [0.717, 1.165) is 4.31 Å². The fraction of sp³-hybridized carbons (Fsp3) is 0.190. The lowest BCUT2D eigenvalue weighted by Crippen LogP contribution is -2.39. The molecule has 1 aliphatic rings. The van der Waals surface area contributed by atoms with Crippen LogP contribution in [0.1, 0.15) is 16.2 Å². The molecule has 4 rings (SSSR count). The summed E-state index contributed by atoms with van der Waals surface area (Å²) in [5.41, 5.74) is 1.45. The minimum Gasteiger partial charge on any atom is -0.348 e. The second kappa shape index (κ2) is 7.97. The highest BCUT2D eigenvalue weighted by Crippen LogP contribution is 2.31. The molecule has 2 amide bonds. The van der Waals surface area contributed by atoms with Gasteiger partial charge in [-0.2, -0.15) is 4.31 Å². The van der Waals surface area contributed by atoms with E-state index in [-0.39, 0.29) is 29.6 Å². The van der Waals surface area contributed by atoms with E-state index in [1.165, 1.54) is 17.3 Å². The molecule has 0 spiro atoms. The van der Waals surface area contributed by atoms with Gasteiger partial charge in [0.2, 0.25) is 15.9 Å². The molecule has 0 unspecified atom stereocenters. The van der Waals surface area contributed by atoms with Crippen LogP contribution in [0.15, 0.2) is 65.8 Å². The molecule has 0 radical (unpaired) electrons. The van der Waals surface area contributed by atoms with Gasteiger partial charge in [-0.25, -0.2) is 13.4 Å². The number of carbonyl (C=O) groups is 2. The second-order valence-corrected chi connectivity index (χ2v) is 9.17. The molecule has 1 aliphatic heterocycles. The molecule has 1 aromatic heterocycles. The van der Waals surface area contributed by atoms with Crippen LogP contribution in [-0.2, 0) is 21.4 Å². The number of aromatic nitrogens is 2. The van der Waals surface area contributed by atoms with E-state index < -0.39 is 15.9 Å². The summed E-state index contributed by atoms with van der Waals surface area (Å²) in [5, 5.41) is 2.78. The third-order valence-electron chi connectivity index (χ3n) is 4.99. The standard InChI is InChI=1S/C21H21N5O4S/c1-24(2)19(27)13-25-12-17-20(21(28)23-15-8-4-3-5-9-15)22-14-26(17)16-10-6-7-11-18(16)31(25,29)30/h3-11,14H,12-13H2,1-2H3,(H,23,28). The third kappa shape index (κ3) is 3.82. The lowest BCUT2D eigenvalue weighted by molar-refractivity contribution is -0.128. The average Bonchev–Trinajstić information content (AvgIpc) is 3.14. The van der Waals surface area contributed by atoms with Crippen LogP contribution in [0.3, 0.4) is 0 Å². The van der Waals surface area contributed by atoms with Gasteiger partial charge in [0.1, 0.15) is 11.2 Å². The summed E-state index contributed by atoms with van der Waals surface area (Å²) in [6.07, 6.45) is 1.43. The molecule has 0 fully saturated rings. The molecule has 0 saturated carbocycles. The van der Waals surface area contributed by atoms with Gasteiger partial charge in [-0.05, 0) is 24.3 Å². The summed E-state index contributed by atoms with van der Waals surface area (Å²) in [7, 11) is -0.863. The van der Waals surface area contributed by atoms with Crippen molar-refractivity contribution in [2.75, 3.05) is 26.0 Å². The molecule has 31 heavy (non-hydrogen) atoms. The van der Waals surface area contributed by atoms with Crippen LogP contribution in [0.4, 0.5) is 5.69 Å². The maximum absolute atomic E-state index is 13.3. The van der Waals surface area contributed by atoms with Crippen LogP contribution in [0, 0.1) is 0 Å². The van der Waals surface area contributed by atoms with Crippen molar-refractivity contribution in [1.29, 1.82) is 0 Å². The molecule has 0 aliphatic carbocycles. The number of para-hydroxylation sites is 2. The number of likely N-dealkylation sites (N-methyl/N-ethyl adjacent to an activating group) is 1. The molecule has 0 bridgehead atoms. The van der Waals surface area contributed by atoms with E-state index in [2.05, 4.69) is 10.3 Å². The molecule has 2 aromatic carbocycles. The van der Waals surface area contributed by atoms with Crippen molar-refractivity contribution in [2.24, 2.45) is 0 Å². The molecule has 9 nitrogen and oxygen atoms in total. The van der Waals surface area contributed by atoms with Crippen LogP contribution in [0.25, 0.3) is 5.69 Å². The van der Waals surface area contributed by atoms with E-state index in [1.54, 1.807) is 61.1 Å². The second-order valence-electron chi connectivity index (χ2n) is 7.26. The van der Waals surface area contributed by atoms with Crippen molar-refractivity contribution < 1.29 is 18.0 Å². The van der Waals surface area contributed by atoms with Gasteiger partial charge in [-0.3, -0.25) is 14.2 Å². The molecule has 1 N–H and O–H groups in total. The van der Waals surface area contributed by atoms with Crippen molar-refractivity contribution in [3.05, 3.63) is 72.3 Å². The number of carbonyl (C=O) groups excluding carboxylic acids is 2. The van der Waals surface area contributed by atoms with Crippen molar-refractivity contribution >= 4 is 27.5 Å². The van der Waals surface area contributed by atoms with Gasteiger partial charge in [0.25, 0.3) is 5.91 Å². The Balaban J connectivity index is 1.81. The molecule has 3 aromatic rings. The Morgan fingerprint density at radius 1 is 1.06 bits per heavy atom. The van der Waals surface area contributed by atoms with Gasteiger partial charge < -0.3 is 10.2 Å². The maximum Gasteiger partial charge on any atom is 0.276 e. The maximum atomic E-state index is 13.3. The van der Waals surface area contributed by atoms with Crippen molar-refractivity contribution in [3.63, 3.8) is 0 Å². The third-order valence-corrected chi connectivity index (χ3v) is 6.83. The minimum atomic E-state index is -3.98. The number of fused-ring (bicyclic) bond motifs is 3. The van der Waals surface area contributed by atoms with Crippen molar-refractivity contribution in [2.45, 2.75) is 11.4 Å². The first-order chi connectivity index (χ1) is 14.8. The zero-order valence-corrected chi connectivity index (χ0v) is 17.8. The highest BCUT2D eigenvalue weighted by Gasteiger charge is 2.36. The van der Waals surface area contributed by atoms with Gasteiger partial charge in [-0.15, -0.1) is 0 Å². The first kappa shape index (κ1) is 20.8. The zero-order chi connectivity index (χ0) is 22.2. The molecular weight excluding hydrogens is 418 g/mol. The molecule has 2 heterocycles. The number of anilines is 1. The number of benzene rings is 2. The number of nitrogens with zero attached hydrogens (tertiary/aromatic N) is 4. The average molecular weight is 439 g/mol. The van der Waals surface area contributed by atoms with Gasteiger partial charge >= 0.3 is 0 Å². The van der Waals surface area contributed by atoms with E-state index in [9.17, 15) is 18.0 Å². The molecule has 0 atom stereocenters. The number of hydrogen-bond acceptors (Lipinski definition) is 5. The number of amides is 2. The Morgan fingerprint density at radius 3 is 2.45 bits per heavy atom. The summed E-state index contributed by atoms with van der Waals surface area (Å²) >= 11 is 0. The quantitative estimate of drug-likeness (QED) is 0.667. The minimum absolute atomic E-state index is 0.0488. The summed E-state index contributed by atoms with van der Waals surface area (Å²) in [5.74, 6) is -0.833. The lowest BCUT2D eigenvalue weighted by Gasteiger charge is -2.21. The number of sulfonamides is 1. The van der Waals surface area contributed by atoms with Crippen LogP contribution >= 0.6 is 0 Å². The van der Waals surface area contributed by atoms with Gasteiger partial charge in [0.15, 0.2) is 5.69 Å². The summed E-state index contributed by atoms with van der Waals surface area (Å²) in [6.45, 7) is -0.525. The topological polar surface area (TPSA) is 105 Å². The first-order valence-corrected chi connectivity index (χ1v) is 11.0. The number of hydrogen-bond donors (Lipinski definition) is 1. The van der Waals surface area contributed by atoms with E-state index in [4.69, 9.17) is 0 Å². The number of nitrogens with one attached hydrogen (secondary N) is 1. The lowest BCUT2D eigenvalue weighted by atomic mass is 10.2. The fourth-order valence-electron chi connectivity index (χ4n) is 3.33. The Morgan fingerprint density at radius 2 is 1.74 bits per heavy atom. The van der Waals surface area contributed by atoms with E-state index in [0.29, 0.717) is 17.1 Å². The Labute approximate surface area is 180 Å². The van der Waals surface area contributed by atoms with Crippen LogP contribution in [0.5, 0.6) is 0 Å². The van der Waals surface area contributed by atoms with Crippen molar-refractivity contribution in [3.8, 4) is 5.69 Å². The van der Waals surface area contributed by atoms with E-state index >= 15 is 0 Å². The highest BCUT2D eigenvalue weighted by molar-refractivity contribution is 7.89. The molecule has 0 saturated heterocycles. The smallest absolute Gasteiger partial charge is 0.276 e. The predicted octanol–water partition coefficient (Wildman–Crippen LogP) is 1.72. The molecular formula is C21H21N5O4S. The summed E-state index contributed by atoms with van der Waals surface area (Å²) < 4.78 is 29.4. The largest absolute Gasteiger partial charge is 0.348 e. The van der Waals surface area contributed by atoms with Crippen LogP contribution in [0.2, 0.25) is 0 Å². The number of rotatable bonds is 4. The first-order valence-electron chi connectivity index (χ1n) is 9.51. The molecule has 160 valence electrons. The fourth-order valence-corrected chi connectivity index (χ4v) is 4.86. The van der Waals surface area contributed by atoms with Crippen LogP contribution in [-0.4, -0.2) is 59.6 Å². The predicted molar refractivity (Wildman–Crippen MR) is 114 cm³/mol. The van der Waals surface area contributed by atoms with E-state index in [1.807, 2.05) is 6.07 Å². The Bertz CT molecular complexity index is 1250. The summed E-state index contributed by atoms with van der Waals surface area (Å²) in [4.78, 5) is 30.9. The SMILES string of the molecule is CN(C)C(=O)CN1Cc2c(C(=O)Nc3ccccc3)ncn2-c2ccccc2S1(=O)=O. The zero-order valence-electron chi connectivity index (χ0n) is 17.0. The highest BCUT2D eigenvalue weighted by atomic mass is 32.2. The Kier molecular flexibility index (Phi) is 5.34.